The highest BCUT2D eigenvalue weighted by molar-refractivity contribution is 7.98. The summed E-state index contributed by atoms with van der Waals surface area (Å²) < 4.78 is 5.40. The van der Waals surface area contributed by atoms with Crippen molar-refractivity contribution >= 4 is 17.4 Å². The fourth-order valence-electron chi connectivity index (χ4n) is 1.52. The number of nitrogens with two attached hydrogens (primary N) is 1. The lowest BCUT2D eigenvalue weighted by molar-refractivity contribution is 0.340. The van der Waals surface area contributed by atoms with Crippen LogP contribution in [0.15, 0.2) is 47.6 Å². The first-order valence-corrected chi connectivity index (χ1v) is 6.83. The Morgan fingerprint density at radius 3 is 2.67 bits per heavy atom. The van der Waals surface area contributed by atoms with Gasteiger partial charge >= 0.3 is 0 Å². The van der Waals surface area contributed by atoms with Crippen LogP contribution in [0.3, 0.4) is 0 Å². The zero-order valence-corrected chi connectivity index (χ0v) is 11.1. The van der Waals surface area contributed by atoms with E-state index in [9.17, 15) is 0 Å². The number of hydrogen-bond donors (Lipinski definition) is 1. The van der Waals surface area contributed by atoms with E-state index < -0.39 is 0 Å². The van der Waals surface area contributed by atoms with E-state index in [0.717, 1.165) is 22.2 Å². The normalized spacial score (nSPS) is 10.3. The van der Waals surface area contributed by atoms with Crippen molar-refractivity contribution in [3.8, 4) is 5.75 Å². The van der Waals surface area contributed by atoms with Crippen molar-refractivity contribution in [2.75, 3.05) is 12.3 Å². The van der Waals surface area contributed by atoms with Gasteiger partial charge in [-0.15, -0.1) is 0 Å². The summed E-state index contributed by atoms with van der Waals surface area (Å²) >= 11 is 1.64. The molecule has 0 unspecified atom stereocenters. The molecule has 0 atom stereocenters. The lowest BCUT2D eigenvalue weighted by Crippen LogP contribution is -1.92. The summed E-state index contributed by atoms with van der Waals surface area (Å²) in [5.74, 6) is 1.76. The van der Waals surface area contributed by atoms with Gasteiger partial charge in [-0.2, -0.15) is 0 Å². The molecule has 0 aliphatic carbocycles. The lowest BCUT2D eigenvalue weighted by atomic mass is 10.2. The van der Waals surface area contributed by atoms with Crippen molar-refractivity contribution < 1.29 is 4.74 Å². The summed E-state index contributed by atoms with van der Waals surface area (Å²) in [5, 5.41) is 0.881. The highest BCUT2D eigenvalue weighted by Gasteiger charge is 2.01. The molecule has 2 aromatic rings. The molecule has 1 aromatic heterocycles. The van der Waals surface area contributed by atoms with Crippen molar-refractivity contribution in [2.24, 2.45) is 0 Å². The maximum absolute atomic E-state index is 5.85. The summed E-state index contributed by atoms with van der Waals surface area (Å²) in [5.41, 5.74) is 7.81. The van der Waals surface area contributed by atoms with Crippen molar-refractivity contribution in [1.82, 2.24) is 4.98 Å². The van der Waals surface area contributed by atoms with Gasteiger partial charge < -0.3 is 10.5 Å². The van der Waals surface area contributed by atoms with Crippen molar-refractivity contribution in [2.45, 2.75) is 17.7 Å². The van der Waals surface area contributed by atoms with E-state index in [1.165, 1.54) is 5.56 Å². The average Bonchev–Trinajstić information content (AvgIpc) is 2.40. The van der Waals surface area contributed by atoms with Crippen molar-refractivity contribution in [3.63, 3.8) is 0 Å². The molecule has 0 spiro atoms. The third-order valence-corrected chi connectivity index (χ3v) is 3.50. The molecule has 1 aromatic carbocycles. The van der Waals surface area contributed by atoms with Gasteiger partial charge in [-0.25, -0.2) is 4.98 Å². The van der Waals surface area contributed by atoms with Crippen LogP contribution < -0.4 is 10.5 Å². The zero-order valence-electron chi connectivity index (χ0n) is 10.3. The Labute approximate surface area is 111 Å². The maximum Gasteiger partial charge on any atom is 0.119 e. The first-order valence-electron chi connectivity index (χ1n) is 5.84. The third kappa shape index (κ3) is 3.40. The van der Waals surface area contributed by atoms with E-state index in [-0.39, 0.29) is 0 Å². The quantitative estimate of drug-likeness (QED) is 0.837. The summed E-state index contributed by atoms with van der Waals surface area (Å²) in [6.07, 6.45) is 1.76. The van der Waals surface area contributed by atoms with Crippen LogP contribution in [0.5, 0.6) is 5.75 Å². The maximum atomic E-state index is 5.85. The fourth-order valence-corrected chi connectivity index (χ4v) is 2.39. The van der Waals surface area contributed by atoms with E-state index in [1.807, 2.05) is 31.2 Å². The molecular weight excluding hydrogens is 244 g/mol. The average molecular weight is 260 g/mol. The number of rotatable bonds is 5. The molecule has 0 fully saturated rings. The van der Waals surface area contributed by atoms with Crippen LogP contribution in [0.25, 0.3) is 0 Å². The molecule has 3 nitrogen and oxygen atoms in total. The highest BCUT2D eigenvalue weighted by atomic mass is 32.2. The minimum absolute atomic E-state index is 0.693. The lowest BCUT2D eigenvalue weighted by Gasteiger charge is -2.06. The van der Waals surface area contributed by atoms with E-state index in [2.05, 4.69) is 17.1 Å². The van der Waals surface area contributed by atoms with Gasteiger partial charge in [0.25, 0.3) is 0 Å². The standard InChI is InChI=1S/C14H16N2OS/c1-2-17-12-7-5-11(6-8-12)10-18-14-13(15)4-3-9-16-14/h3-9H,2,10,15H2,1H3. The second-order valence-corrected chi connectivity index (χ2v) is 4.73. The summed E-state index contributed by atoms with van der Waals surface area (Å²) in [4.78, 5) is 4.25. The van der Waals surface area contributed by atoms with Gasteiger partial charge in [0.05, 0.1) is 12.3 Å². The second-order valence-electron chi connectivity index (χ2n) is 3.76. The van der Waals surface area contributed by atoms with Crippen LogP contribution in [-0.4, -0.2) is 11.6 Å². The monoisotopic (exact) mass is 260 g/mol. The predicted molar refractivity (Wildman–Crippen MR) is 75.8 cm³/mol. The van der Waals surface area contributed by atoms with Gasteiger partial charge in [-0.1, -0.05) is 23.9 Å². The van der Waals surface area contributed by atoms with Crippen molar-refractivity contribution in [1.29, 1.82) is 0 Å². The summed E-state index contributed by atoms with van der Waals surface area (Å²) in [6, 6.07) is 11.8. The Bertz CT molecular complexity index is 499. The third-order valence-electron chi connectivity index (χ3n) is 2.41. The molecule has 0 saturated carbocycles. The van der Waals surface area contributed by atoms with E-state index >= 15 is 0 Å². The van der Waals surface area contributed by atoms with E-state index in [1.54, 1.807) is 18.0 Å². The zero-order chi connectivity index (χ0) is 12.8. The molecule has 4 heteroatoms. The molecule has 0 radical (unpaired) electrons. The molecule has 0 aliphatic rings. The van der Waals surface area contributed by atoms with Crippen LogP contribution in [-0.2, 0) is 5.75 Å². The minimum Gasteiger partial charge on any atom is -0.494 e. The smallest absolute Gasteiger partial charge is 0.119 e. The largest absolute Gasteiger partial charge is 0.494 e. The van der Waals surface area contributed by atoms with Crippen molar-refractivity contribution in [3.05, 3.63) is 48.2 Å². The first-order chi connectivity index (χ1) is 8.79. The number of nitrogen functional groups attached to an aromatic ring is 1. The Kier molecular flexibility index (Phi) is 4.47. The second kappa shape index (κ2) is 6.31. The van der Waals surface area contributed by atoms with Gasteiger partial charge in [-0.05, 0) is 36.8 Å². The molecule has 0 aliphatic heterocycles. The Hall–Kier alpha value is -1.68. The minimum atomic E-state index is 0.693. The predicted octanol–water partition coefficient (Wildman–Crippen LogP) is 3.35. The molecule has 0 amide bonds. The SMILES string of the molecule is CCOc1ccc(CSc2ncccc2N)cc1. The van der Waals surface area contributed by atoms with Gasteiger partial charge in [0.2, 0.25) is 0 Å². The number of aromatic nitrogens is 1. The molecule has 94 valence electrons. The summed E-state index contributed by atoms with van der Waals surface area (Å²) in [6.45, 7) is 2.67. The number of nitrogens with zero attached hydrogens (tertiary/aromatic N) is 1. The topological polar surface area (TPSA) is 48.1 Å². The number of hydrogen-bond acceptors (Lipinski definition) is 4. The molecule has 2 rings (SSSR count). The Morgan fingerprint density at radius 1 is 1.22 bits per heavy atom. The molecular formula is C14H16N2OS. The van der Waals surface area contributed by atoms with Crippen LogP contribution in [0.1, 0.15) is 12.5 Å². The van der Waals surface area contributed by atoms with Gasteiger partial charge in [0.1, 0.15) is 10.8 Å². The molecule has 18 heavy (non-hydrogen) atoms. The number of anilines is 1. The Balaban J connectivity index is 1.96. The summed E-state index contributed by atoms with van der Waals surface area (Å²) in [7, 11) is 0. The number of ether oxygens (including phenoxy) is 1. The van der Waals surface area contributed by atoms with Crippen LogP contribution >= 0.6 is 11.8 Å². The molecule has 0 saturated heterocycles. The van der Waals surface area contributed by atoms with E-state index in [0.29, 0.717) is 6.61 Å². The van der Waals surface area contributed by atoms with Crippen LogP contribution in [0.2, 0.25) is 0 Å². The van der Waals surface area contributed by atoms with Gasteiger partial charge in [0.15, 0.2) is 0 Å². The molecule has 1 heterocycles. The first kappa shape index (κ1) is 12.8. The molecule has 2 N–H and O–H groups in total. The number of thioether (sulfide) groups is 1. The Morgan fingerprint density at radius 2 is 2.00 bits per heavy atom. The molecule has 0 bridgehead atoms. The van der Waals surface area contributed by atoms with E-state index in [4.69, 9.17) is 10.5 Å². The number of pyridine rings is 1. The van der Waals surface area contributed by atoms with Crippen LogP contribution in [0.4, 0.5) is 5.69 Å². The number of benzene rings is 1. The fraction of sp³-hybridized carbons (Fsp3) is 0.214. The highest BCUT2D eigenvalue weighted by Crippen LogP contribution is 2.26. The van der Waals surface area contributed by atoms with Crippen LogP contribution in [0, 0.1) is 0 Å². The van der Waals surface area contributed by atoms with Gasteiger partial charge in [-0.3, -0.25) is 0 Å². The van der Waals surface area contributed by atoms with Gasteiger partial charge in [0, 0.05) is 11.9 Å².